The SMILES string of the molecule is Cn1ncc2c(NCc3n[nH]c4c3CCC4)nc(C(C)(C)C)nc21. The van der Waals surface area contributed by atoms with Crippen LogP contribution in [0.5, 0.6) is 0 Å². The largest absolute Gasteiger partial charge is 0.364 e. The first-order chi connectivity index (χ1) is 11.4. The molecule has 0 amide bonds. The summed E-state index contributed by atoms with van der Waals surface area (Å²) in [4.78, 5) is 9.46. The highest BCUT2D eigenvalue weighted by Gasteiger charge is 2.22. The molecule has 0 radical (unpaired) electrons. The Hall–Kier alpha value is -2.44. The first-order valence-corrected chi connectivity index (χ1v) is 8.42. The van der Waals surface area contributed by atoms with E-state index in [0.29, 0.717) is 6.54 Å². The highest BCUT2D eigenvalue weighted by molar-refractivity contribution is 5.86. The molecule has 0 unspecified atom stereocenters. The van der Waals surface area contributed by atoms with E-state index in [-0.39, 0.29) is 5.41 Å². The molecular formula is C17H23N7. The molecule has 24 heavy (non-hydrogen) atoms. The Morgan fingerprint density at radius 2 is 2.08 bits per heavy atom. The number of nitrogens with one attached hydrogen (secondary N) is 2. The third-order valence-electron chi connectivity index (χ3n) is 4.58. The summed E-state index contributed by atoms with van der Waals surface area (Å²) in [5, 5.41) is 16.4. The van der Waals surface area contributed by atoms with Crippen LogP contribution in [0.2, 0.25) is 0 Å². The molecule has 126 valence electrons. The normalized spacial score (nSPS) is 14.3. The zero-order valence-corrected chi connectivity index (χ0v) is 14.6. The molecule has 0 aromatic carbocycles. The number of hydrogen-bond acceptors (Lipinski definition) is 5. The minimum atomic E-state index is -0.123. The van der Waals surface area contributed by atoms with Crippen LogP contribution in [0, 0.1) is 0 Å². The van der Waals surface area contributed by atoms with Crippen LogP contribution in [0.25, 0.3) is 11.0 Å². The predicted molar refractivity (Wildman–Crippen MR) is 92.9 cm³/mol. The number of hydrogen-bond donors (Lipinski definition) is 2. The summed E-state index contributed by atoms with van der Waals surface area (Å²) < 4.78 is 1.80. The number of aryl methyl sites for hydroxylation is 2. The Kier molecular flexibility index (Phi) is 3.33. The van der Waals surface area contributed by atoms with E-state index in [0.717, 1.165) is 41.2 Å². The zero-order chi connectivity index (χ0) is 16.9. The molecule has 4 rings (SSSR count). The molecule has 1 aliphatic rings. The molecule has 2 N–H and O–H groups in total. The van der Waals surface area contributed by atoms with E-state index < -0.39 is 0 Å². The standard InChI is InChI=1S/C17H23N7/c1-17(2,3)16-20-14(11-8-19-24(4)15(11)21-16)18-9-13-10-6-5-7-12(10)22-23-13/h8H,5-7,9H2,1-4H3,(H,22,23)(H,18,20,21). The lowest BCUT2D eigenvalue weighted by atomic mass is 9.95. The molecule has 3 aromatic heterocycles. The lowest BCUT2D eigenvalue weighted by Crippen LogP contribution is -2.18. The molecule has 7 nitrogen and oxygen atoms in total. The van der Waals surface area contributed by atoms with Crippen molar-refractivity contribution in [2.45, 2.75) is 52.0 Å². The number of rotatable bonds is 3. The Morgan fingerprint density at radius 3 is 2.88 bits per heavy atom. The van der Waals surface area contributed by atoms with Gasteiger partial charge in [0.25, 0.3) is 0 Å². The minimum Gasteiger partial charge on any atom is -0.364 e. The molecule has 0 saturated heterocycles. The van der Waals surface area contributed by atoms with Gasteiger partial charge in [0.05, 0.1) is 23.8 Å². The quantitative estimate of drug-likeness (QED) is 0.773. The van der Waals surface area contributed by atoms with Crippen molar-refractivity contribution in [1.82, 2.24) is 29.9 Å². The van der Waals surface area contributed by atoms with Gasteiger partial charge in [0.15, 0.2) is 5.65 Å². The first kappa shape index (κ1) is 15.1. The van der Waals surface area contributed by atoms with Crippen molar-refractivity contribution < 1.29 is 0 Å². The fourth-order valence-corrected chi connectivity index (χ4v) is 3.19. The molecule has 0 spiro atoms. The van der Waals surface area contributed by atoms with Gasteiger partial charge >= 0.3 is 0 Å². The van der Waals surface area contributed by atoms with E-state index in [2.05, 4.69) is 41.4 Å². The average Bonchev–Trinajstić information content (AvgIpc) is 3.21. The van der Waals surface area contributed by atoms with Gasteiger partial charge in [-0.25, -0.2) is 9.97 Å². The summed E-state index contributed by atoms with van der Waals surface area (Å²) in [5.74, 6) is 1.64. The number of fused-ring (bicyclic) bond motifs is 2. The number of nitrogens with zero attached hydrogens (tertiary/aromatic N) is 5. The summed E-state index contributed by atoms with van der Waals surface area (Å²) in [6.07, 6.45) is 5.25. The lowest BCUT2D eigenvalue weighted by Gasteiger charge is -2.18. The van der Waals surface area contributed by atoms with Crippen LogP contribution >= 0.6 is 0 Å². The number of aromatic nitrogens is 6. The second kappa shape index (κ2) is 5.29. The lowest BCUT2D eigenvalue weighted by molar-refractivity contribution is 0.547. The molecule has 0 saturated carbocycles. The van der Waals surface area contributed by atoms with E-state index in [4.69, 9.17) is 9.97 Å². The van der Waals surface area contributed by atoms with Crippen LogP contribution in [0.1, 0.15) is 50.0 Å². The van der Waals surface area contributed by atoms with Crippen molar-refractivity contribution in [3.8, 4) is 0 Å². The topological polar surface area (TPSA) is 84.3 Å². The maximum absolute atomic E-state index is 4.76. The maximum Gasteiger partial charge on any atom is 0.163 e. The van der Waals surface area contributed by atoms with Crippen molar-refractivity contribution in [2.75, 3.05) is 5.32 Å². The summed E-state index contributed by atoms with van der Waals surface area (Å²) in [6.45, 7) is 7.02. The van der Waals surface area contributed by atoms with Gasteiger partial charge in [-0.3, -0.25) is 9.78 Å². The Bertz CT molecular complexity index is 898. The van der Waals surface area contributed by atoms with Gasteiger partial charge in [0.2, 0.25) is 0 Å². The van der Waals surface area contributed by atoms with Crippen LogP contribution in [-0.2, 0) is 31.8 Å². The predicted octanol–water partition coefficient (Wildman–Crippen LogP) is 2.48. The number of aromatic amines is 1. The Morgan fingerprint density at radius 1 is 1.25 bits per heavy atom. The van der Waals surface area contributed by atoms with Crippen LogP contribution in [-0.4, -0.2) is 29.9 Å². The molecule has 3 heterocycles. The smallest absolute Gasteiger partial charge is 0.163 e. The molecule has 7 heteroatoms. The van der Waals surface area contributed by atoms with Crippen molar-refractivity contribution in [3.05, 3.63) is 29.0 Å². The van der Waals surface area contributed by atoms with Crippen LogP contribution in [0.3, 0.4) is 0 Å². The van der Waals surface area contributed by atoms with E-state index in [1.54, 1.807) is 4.68 Å². The van der Waals surface area contributed by atoms with Crippen LogP contribution < -0.4 is 5.32 Å². The second-order valence-electron chi connectivity index (χ2n) is 7.49. The molecule has 0 fully saturated rings. The van der Waals surface area contributed by atoms with E-state index in [1.165, 1.54) is 17.7 Å². The van der Waals surface area contributed by atoms with Crippen molar-refractivity contribution in [3.63, 3.8) is 0 Å². The van der Waals surface area contributed by atoms with Crippen molar-refractivity contribution in [1.29, 1.82) is 0 Å². The van der Waals surface area contributed by atoms with Crippen LogP contribution in [0.15, 0.2) is 6.20 Å². The third kappa shape index (κ3) is 2.44. The van der Waals surface area contributed by atoms with Gasteiger partial charge in [-0.2, -0.15) is 10.2 Å². The highest BCUT2D eigenvalue weighted by atomic mass is 15.3. The van der Waals surface area contributed by atoms with Crippen LogP contribution in [0.4, 0.5) is 5.82 Å². The zero-order valence-electron chi connectivity index (χ0n) is 14.6. The number of anilines is 1. The molecule has 0 aliphatic heterocycles. The summed E-state index contributed by atoms with van der Waals surface area (Å²) in [5.41, 5.74) is 4.48. The van der Waals surface area contributed by atoms with Crippen molar-refractivity contribution >= 4 is 16.9 Å². The first-order valence-electron chi connectivity index (χ1n) is 8.42. The fraction of sp³-hybridized carbons (Fsp3) is 0.529. The van der Waals surface area contributed by atoms with Gasteiger partial charge in [0, 0.05) is 18.2 Å². The Balaban J connectivity index is 1.70. The van der Waals surface area contributed by atoms with E-state index >= 15 is 0 Å². The summed E-state index contributed by atoms with van der Waals surface area (Å²) >= 11 is 0. The third-order valence-corrected chi connectivity index (χ3v) is 4.58. The van der Waals surface area contributed by atoms with E-state index in [9.17, 15) is 0 Å². The summed E-state index contributed by atoms with van der Waals surface area (Å²) in [6, 6.07) is 0. The summed E-state index contributed by atoms with van der Waals surface area (Å²) in [7, 11) is 1.91. The molecular weight excluding hydrogens is 302 g/mol. The molecule has 0 bridgehead atoms. The van der Waals surface area contributed by atoms with Gasteiger partial charge < -0.3 is 5.32 Å². The average molecular weight is 325 g/mol. The maximum atomic E-state index is 4.76. The molecule has 0 atom stereocenters. The van der Waals surface area contributed by atoms with Gasteiger partial charge in [-0.05, 0) is 24.8 Å². The fourth-order valence-electron chi connectivity index (χ4n) is 3.19. The monoisotopic (exact) mass is 325 g/mol. The highest BCUT2D eigenvalue weighted by Crippen LogP contribution is 2.27. The van der Waals surface area contributed by atoms with Crippen molar-refractivity contribution in [2.24, 2.45) is 7.05 Å². The molecule has 1 aliphatic carbocycles. The molecule has 3 aromatic rings. The Labute approximate surface area is 140 Å². The number of H-pyrrole nitrogens is 1. The second-order valence-corrected chi connectivity index (χ2v) is 7.49. The minimum absolute atomic E-state index is 0.123. The van der Waals surface area contributed by atoms with Gasteiger partial charge in [0.1, 0.15) is 11.6 Å². The van der Waals surface area contributed by atoms with Gasteiger partial charge in [-0.15, -0.1) is 0 Å². The van der Waals surface area contributed by atoms with E-state index in [1.807, 2.05) is 13.2 Å². The van der Waals surface area contributed by atoms with Gasteiger partial charge in [-0.1, -0.05) is 20.8 Å².